The number of carbonyl (C=O) groups excluding carboxylic acids is 1. The van der Waals surface area contributed by atoms with Gasteiger partial charge in [0.25, 0.3) is 5.91 Å². The van der Waals surface area contributed by atoms with Crippen LogP contribution in [-0.2, 0) is 4.74 Å². The van der Waals surface area contributed by atoms with Crippen molar-refractivity contribution in [2.24, 2.45) is 0 Å². The zero-order chi connectivity index (χ0) is 17.5. The highest BCUT2D eigenvalue weighted by molar-refractivity contribution is 7.99. The van der Waals surface area contributed by atoms with Crippen LogP contribution in [0.3, 0.4) is 0 Å². The van der Waals surface area contributed by atoms with E-state index in [-0.39, 0.29) is 18.6 Å². The summed E-state index contributed by atoms with van der Waals surface area (Å²) in [5, 5.41) is 12.0. The quantitative estimate of drug-likeness (QED) is 0.726. The molecule has 1 amide bonds. The third-order valence-corrected chi connectivity index (χ3v) is 5.88. The average Bonchev–Trinajstić information content (AvgIpc) is 3.15. The van der Waals surface area contributed by atoms with Crippen LogP contribution in [0.1, 0.15) is 36.0 Å². The standard InChI is InChI=1S/C19H28N2O3S/c22-11-13-25-18-5-3-15(4-6-18)19(23)20-16-7-9-21(10-8-16)14-17-2-1-12-24-17/h3-6,16-17,22H,1-2,7-14H2,(H,20,23)/t17-/m0/s1. The number of ether oxygens (including phenoxy) is 1. The zero-order valence-corrected chi connectivity index (χ0v) is 15.5. The Morgan fingerprint density at radius 2 is 2.00 bits per heavy atom. The molecule has 2 N–H and O–H groups in total. The molecule has 3 rings (SSSR count). The van der Waals surface area contributed by atoms with Crippen LogP contribution in [0.5, 0.6) is 0 Å². The summed E-state index contributed by atoms with van der Waals surface area (Å²) in [6.07, 6.45) is 4.79. The van der Waals surface area contributed by atoms with Crippen molar-refractivity contribution in [2.45, 2.75) is 42.7 Å². The highest BCUT2D eigenvalue weighted by Gasteiger charge is 2.24. The topological polar surface area (TPSA) is 61.8 Å². The number of aliphatic hydroxyl groups excluding tert-OH is 1. The van der Waals surface area contributed by atoms with Crippen molar-refractivity contribution in [3.8, 4) is 0 Å². The summed E-state index contributed by atoms with van der Waals surface area (Å²) >= 11 is 1.59. The summed E-state index contributed by atoms with van der Waals surface area (Å²) in [6, 6.07) is 7.87. The molecular weight excluding hydrogens is 336 g/mol. The van der Waals surface area contributed by atoms with E-state index in [0.717, 1.165) is 44.0 Å². The summed E-state index contributed by atoms with van der Waals surface area (Å²) in [4.78, 5) is 15.9. The summed E-state index contributed by atoms with van der Waals surface area (Å²) in [5.41, 5.74) is 0.704. The number of nitrogens with one attached hydrogen (secondary N) is 1. The van der Waals surface area contributed by atoms with Gasteiger partial charge < -0.3 is 20.1 Å². The van der Waals surface area contributed by atoms with Gasteiger partial charge >= 0.3 is 0 Å². The van der Waals surface area contributed by atoms with E-state index in [1.807, 2.05) is 24.3 Å². The predicted molar refractivity (Wildman–Crippen MR) is 100 cm³/mol. The third-order valence-electron chi connectivity index (χ3n) is 4.89. The molecule has 0 aromatic heterocycles. The maximum absolute atomic E-state index is 12.4. The molecule has 0 radical (unpaired) electrons. The number of likely N-dealkylation sites (tertiary alicyclic amines) is 1. The molecular formula is C19H28N2O3S. The molecule has 2 saturated heterocycles. The normalized spacial score (nSPS) is 22.2. The second-order valence-corrected chi connectivity index (χ2v) is 7.95. The number of rotatable bonds is 7. The van der Waals surface area contributed by atoms with Crippen LogP contribution in [0.15, 0.2) is 29.2 Å². The van der Waals surface area contributed by atoms with Gasteiger partial charge in [-0.05, 0) is 49.9 Å². The Balaban J connectivity index is 1.41. The van der Waals surface area contributed by atoms with Crippen LogP contribution in [0.2, 0.25) is 0 Å². The lowest BCUT2D eigenvalue weighted by atomic mass is 10.0. The molecule has 2 aliphatic rings. The number of hydrogen-bond acceptors (Lipinski definition) is 5. The van der Waals surface area contributed by atoms with Gasteiger partial charge in [0.1, 0.15) is 0 Å². The molecule has 0 aliphatic carbocycles. The lowest BCUT2D eigenvalue weighted by Gasteiger charge is -2.33. The van der Waals surface area contributed by atoms with Gasteiger partial charge in [-0.15, -0.1) is 11.8 Å². The van der Waals surface area contributed by atoms with Gasteiger partial charge in [-0.1, -0.05) is 0 Å². The lowest BCUT2D eigenvalue weighted by molar-refractivity contribution is 0.0613. The van der Waals surface area contributed by atoms with Gasteiger partial charge in [-0.25, -0.2) is 0 Å². The minimum atomic E-state index is 0.0104. The first-order valence-electron chi connectivity index (χ1n) is 9.23. The Kier molecular flexibility index (Phi) is 7.16. The van der Waals surface area contributed by atoms with Gasteiger partial charge in [-0.2, -0.15) is 0 Å². The minimum absolute atomic E-state index is 0.0104. The number of aliphatic hydroxyl groups is 1. The molecule has 0 bridgehead atoms. The predicted octanol–water partition coefficient (Wildman–Crippen LogP) is 2.14. The van der Waals surface area contributed by atoms with E-state index in [4.69, 9.17) is 9.84 Å². The van der Waals surface area contributed by atoms with E-state index in [9.17, 15) is 4.79 Å². The second-order valence-electron chi connectivity index (χ2n) is 6.78. The van der Waals surface area contributed by atoms with Gasteiger partial charge in [0, 0.05) is 48.5 Å². The van der Waals surface area contributed by atoms with E-state index in [0.29, 0.717) is 17.4 Å². The summed E-state index contributed by atoms with van der Waals surface area (Å²) < 4.78 is 5.71. The summed E-state index contributed by atoms with van der Waals surface area (Å²) in [6.45, 7) is 4.17. The van der Waals surface area contributed by atoms with Crippen molar-refractivity contribution in [1.82, 2.24) is 10.2 Å². The van der Waals surface area contributed by atoms with E-state index < -0.39 is 0 Å². The smallest absolute Gasteiger partial charge is 0.251 e. The Hall–Kier alpha value is -1.08. The first kappa shape index (κ1) is 18.7. The van der Waals surface area contributed by atoms with Crippen LogP contribution >= 0.6 is 11.8 Å². The van der Waals surface area contributed by atoms with Gasteiger partial charge in [0.05, 0.1) is 12.7 Å². The molecule has 0 unspecified atom stereocenters. The third kappa shape index (κ3) is 5.71. The maximum atomic E-state index is 12.4. The van der Waals surface area contributed by atoms with Crippen LogP contribution in [0.25, 0.3) is 0 Å². The van der Waals surface area contributed by atoms with Crippen LogP contribution < -0.4 is 5.32 Å². The monoisotopic (exact) mass is 364 g/mol. The Morgan fingerprint density at radius 1 is 1.24 bits per heavy atom. The molecule has 1 atom stereocenters. The number of benzene rings is 1. The molecule has 25 heavy (non-hydrogen) atoms. The number of thioether (sulfide) groups is 1. The van der Waals surface area contributed by atoms with Gasteiger partial charge in [0.15, 0.2) is 0 Å². The van der Waals surface area contributed by atoms with Crippen LogP contribution in [-0.4, -0.2) is 66.7 Å². The summed E-state index contributed by atoms with van der Waals surface area (Å²) in [7, 11) is 0. The maximum Gasteiger partial charge on any atom is 0.251 e. The fourth-order valence-corrected chi connectivity index (χ4v) is 4.13. The molecule has 2 fully saturated rings. The number of hydrogen-bond donors (Lipinski definition) is 2. The number of amides is 1. The Bertz CT molecular complexity index is 538. The Morgan fingerprint density at radius 3 is 2.64 bits per heavy atom. The number of carbonyl (C=O) groups is 1. The van der Waals surface area contributed by atoms with Crippen LogP contribution in [0.4, 0.5) is 0 Å². The molecule has 1 aromatic rings. The molecule has 0 saturated carbocycles. The van der Waals surface area contributed by atoms with E-state index in [1.165, 1.54) is 12.8 Å². The first-order valence-corrected chi connectivity index (χ1v) is 10.2. The molecule has 1 aromatic carbocycles. The van der Waals surface area contributed by atoms with E-state index >= 15 is 0 Å². The van der Waals surface area contributed by atoms with Crippen molar-refractivity contribution in [1.29, 1.82) is 0 Å². The van der Waals surface area contributed by atoms with Crippen molar-refractivity contribution in [3.05, 3.63) is 29.8 Å². The van der Waals surface area contributed by atoms with E-state index in [1.54, 1.807) is 11.8 Å². The second kappa shape index (κ2) is 9.57. The lowest BCUT2D eigenvalue weighted by Crippen LogP contribution is -2.46. The number of nitrogens with zero attached hydrogens (tertiary/aromatic N) is 1. The fraction of sp³-hybridized carbons (Fsp3) is 0.632. The highest BCUT2D eigenvalue weighted by Crippen LogP contribution is 2.19. The molecule has 138 valence electrons. The fourth-order valence-electron chi connectivity index (χ4n) is 3.47. The number of piperidine rings is 1. The molecule has 0 spiro atoms. The molecule has 2 aliphatic heterocycles. The van der Waals surface area contributed by atoms with E-state index in [2.05, 4.69) is 10.2 Å². The minimum Gasteiger partial charge on any atom is -0.396 e. The molecule has 2 heterocycles. The zero-order valence-electron chi connectivity index (χ0n) is 14.7. The highest BCUT2D eigenvalue weighted by atomic mass is 32.2. The van der Waals surface area contributed by atoms with Crippen molar-refractivity contribution < 1.29 is 14.6 Å². The van der Waals surface area contributed by atoms with Gasteiger partial charge in [-0.3, -0.25) is 4.79 Å². The van der Waals surface area contributed by atoms with Crippen LogP contribution in [0, 0.1) is 0 Å². The van der Waals surface area contributed by atoms with Crippen molar-refractivity contribution in [2.75, 3.05) is 38.6 Å². The largest absolute Gasteiger partial charge is 0.396 e. The molecule has 6 heteroatoms. The SMILES string of the molecule is O=C(NC1CCN(C[C@@H]2CCCO2)CC1)c1ccc(SCCO)cc1. The van der Waals surface area contributed by atoms with Crippen molar-refractivity contribution >= 4 is 17.7 Å². The van der Waals surface area contributed by atoms with Crippen molar-refractivity contribution in [3.63, 3.8) is 0 Å². The average molecular weight is 365 g/mol. The summed E-state index contributed by atoms with van der Waals surface area (Å²) in [5.74, 6) is 0.687. The molecule has 5 nitrogen and oxygen atoms in total. The Labute approximate surface area is 154 Å². The first-order chi connectivity index (χ1) is 12.2. The van der Waals surface area contributed by atoms with Gasteiger partial charge in [0.2, 0.25) is 0 Å².